The molecule has 0 spiro atoms. The Morgan fingerprint density at radius 3 is 1.98 bits per heavy atom. The van der Waals surface area contributed by atoms with Crippen LogP contribution in [-0.2, 0) is 10.3 Å². The molecule has 3 aromatic heterocycles. The van der Waals surface area contributed by atoms with Crippen LogP contribution in [-0.4, -0.2) is 37.8 Å². The summed E-state index contributed by atoms with van der Waals surface area (Å²) in [5.74, 6) is -1.08. The molecule has 0 aliphatic heterocycles. The van der Waals surface area contributed by atoms with E-state index >= 15 is 0 Å². The summed E-state index contributed by atoms with van der Waals surface area (Å²) in [6, 6.07) is 37.4. The van der Waals surface area contributed by atoms with Gasteiger partial charge in [-0.3, -0.25) is 0 Å². The van der Waals surface area contributed by atoms with Gasteiger partial charge in [-0.2, -0.15) is 9.49 Å². The predicted octanol–water partition coefficient (Wildman–Crippen LogP) is 6.74. The Morgan fingerprint density at radius 2 is 1.43 bits per heavy atom. The van der Waals surface area contributed by atoms with E-state index in [0.717, 1.165) is 27.6 Å². The zero-order valence-corrected chi connectivity index (χ0v) is 22.5. The second-order valence-electron chi connectivity index (χ2n) is 9.90. The fraction of sp³-hybridized carbons (Fsp3) is 0.0588. The third-order valence-corrected chi connectivity index (χ3v) is 7.55. The molecule has 7 nitrogen and oxygen atoms in total. The van der Waals surface area contributed by atoms with Crippen molar-refractivity contribution in [1.82, 2.24) is 24.7 Å². The smallest absolute Gasteiger partial charge is 0.374 e. The first kappa shape index (κ1) is 25.3. The van der Waals surface area contributed by atoms with E-state index in [9.17, 15) is 9.18 Å². The van der Waals surface area contributed by atoms with Gasteiger partial charge in [-0.05, 0) is 34.9 Å². The van der Waals surface area contributed by atoms with Crippen LogP contribution in [0.3, 0.4) is 0 Å². The first-order valence-electron chi connectivity index (χ1n) is 13.4. The van der Waals surface area contributed by atoms with E-state index in [1.165, 1.54) is 19.4 Å². The highest BCUT2D eigenvalue weighted by Crippen LogP contribution is 2.44. The number of pyridine rings is 1. The zero-order valence-electron chi connectivity index (χ0n) is 22.5. The molecule has 42 heavy (non-hydrogen) atoms. The summed E-state index contributed by atoms with van der Waals surface area (Å²) in [5, 5.41) is 6.01. The zero-order chi connectivity index (χ0) is 28.7. The maximum absolute atomic E-state index is 14.5. The van der Waals surface area contributed by atoms with Crippen LogP contribution in [0.2, 0.25) is 0 Å². The standard InChI is InChI=1S/C34H24FN5O2/c1-42-33(41)32-37-27-20-26-29(21-28(27)38-32)40(39-31(26)22-17-18-36-30(35)19-22)34(23-11-5-2-6-12-23,24-13-7-3-8-14-24)25-15-9-4-10-16-25/h2-21H,1H3,(H,37,38). The monoisotopic (exact) mass is 553 g/mol. The van der Waals surface area contributed by atoms with Gasteiger partial charge in [-0.1, -0.05) is 91.0 Å². The van der Waals surface area contributed by atoms with Gasteiger partial charge >= 0.3 is 5.97 Å². The lowest BCUT2D eigenvalue weighted by molar-refractivity contribution is 0.0588. The van der Waals surface area contributed by atoms with E-state index in [4.69, 9.17) is 9.84 Å². The van der Waals surface area contributed by atoms with Crippen molar-refractivity contribution in [3.05, 3.63) is 150 Å². The van der Waals surface area contributed by atoms with E-state index in [1.54, 1.807) is 6.07 Å². The number of rotatable bonds is 6. The number of esters is 1. The number of ether oxygens (including phenoxy) is 1. The molecule has 4 aromatic carbocycles. The third-order valence-electron chi connectivity index (χ3n) is 7.55. The summed E-state index contributed by atoms with van der Waals surface area (Å²) >= 11 is 0. The second kappa shape index (κ2) is 10.1. The number of aromatic amines is 1. The highest BCUT2D eigenvalue weighted by molar-refractivity contribution is 6.02. The minimum atomic E-state index is -0.926. The minimum Gasteiger partial charge on any atom is -0.463 e. The number of hydrogen-bond donors (Lipinski definition) is 1. The largest absolute Gasteiger partial charge is 0.463 e. The van der Waals surface area contributed by atoms with E-state index in [2.05, 4.69) is 51.4 Å². The highest BCUT2D eigenvalue weighted by atomic mass is 19.1. The van der Waals surface area contributed by atoms with Crippen LogP contribution in [0.4, 0.5) is 4.39 Å². The van der Waals surface area contributed by atoms with Gasteiger partial charge < -0.3 is 9.72 Å². The number of fused-ring (bicyclic) bond motifs is 2. The molecule has 0 bridgehead atoms. The second-order valence-corrected chi connectivity index (χ2v) is 9.90. The van der Waals surface area contributed by atoms with Crippen molar-refractivity contribution in [1.29, 1.82) is 0 Å². The third kappa shape index (κ3) is 3.96. The van der Waals surface area contributed by atoms with Gasteiger partial charge in [0, 0.05) is 23.2 Å². The number of H-pyrrole nitrogens is 1. The van der Waals surface area contributed by atoms with Gasteiger partial charge in [0.1, 0.15) is 11.2 Å². The maximum Gasteiger partial charge on any atom is 0.374 e. The van der Waals surface area contributed by atoms with Crippen molar-refractivity contribution in [3.63, 3.8) is 0 Å². The quantitative estimate of drug-likeness (QED) is 0.140. The van der Waals surface area contributed by atoms with Gasteiger partial charge in [0.05, 0.1) is 23.7 Å². The number of aromatic nitrogens is 5. The summed E-state index contributed by atoms with van der Waals surface area (Å²) in [7, 11) is 1.31. The maximum atomic E-state index is 14.5. The molecule has 0 saturated heterocycles. The molecule has 204 valence electrons. The summed E-state index contributed by atoms with van der Waals surface area (Å²) in [6.07, 6.45) is 1.43. The molecular formula is C34H24FN5O2. The Hall–Kier alpha value is -5.63. The van der Waals surface area contributed by atoms with Crippen LogP contribution in [0.15, 0.2) is 121 Å². The number of nitrogens with zero attached hydrogens (tertiary/aromatic N) is 4. The van der Waals surface area contributed by atoms with Crippen molar-refractivity contribution >= 4 is 27.9 Å². The van der Waals surface area contributed by atoms with Crippen molar-refractivity contribution in [2.75, 3.05) is 7.11 Å². The molecule has 8 heteroatoms. The van der Waals surface area contributed by atoms with Crippen molar-refractivity contribution in [2.24, 2.45) is 0 Å². The van der Waals surface area contributed by atoms with Crippen LogP contribution in [0.1, 0.15) is 27.3 Å². The van der Waals surface area contributed by atoms with Gasteiger partial charge in [0.25, 0.3) is 0 Å². The highest BCUT2D eigenvalue weighted by Gasteiger charge is 2.41. The number of carbonyl (C=O) groups is 1. The van der Waals surface area contributed by atoms with Crippen LogP contribution in [0.25, 0.3) is 33.2 Å². The Morgan fingerprint density at radius 1 is 0.833 bits per heavy atom. The van der Waals surface area contributed by atoms with Crippen molar-refractivity contribution < 1.29 is 13.9 Å². The van der Waals surface area contributed by atoms with Gasteiger partial charge in [-0.25, -0.2) is 19.4 Å². The minimum absolute atomic E-state index is 0.0941. The van der Waals surface area contributed by atoms with E-state index in [-0.39, 0.29) is 5.82 Å². The van der Waals surface area contributed by atoms with E-state index < -0.39 is 17.5 Å². The first-order valence-corrected chi connectivity index (χ1v) is 13.4. The Labute approximate surface area is 240 Å². The lowest BCUT2D eigenvalue weighted by Gasteiger charge is -2.37. The summed E-state index contributed by atoms with van der Waals surface area (Å²) < 4.78 is 21.4. The Bertz CT molecular complexity index is 1960. The van der Waals surface area contributed by atoms with Crippen LogP contribution in [0, 0.1) is 5.95 Å². The number of carbonyl (C=O) groups excluding carboxylic acids is 1. The molecule has 0 aliphatic rings. The molecule has 0 radical (unpaired) electrons. The SMILES string of the molecule is COC(=O)c1nc2cc3c(-c4ccnc(F)c4)nn(C(c4ccccc4)(c4ccccc4)c4ccccc4)c3cc2[nH]1. The Balaban J connectivity index is 1.66. The molecule has 0 amide bonds. The topological polar surface area (TPSA) is 85.7 Å². The number of hydrogen-bond acceptors (Lipinski definition) is 5. The van der Waals surface area contributed by atoms with Gasteiger partial charge in [0.15, 0.2) is 0 Å². The average Bonchev–Trinajstić information content (AvgIpc) is 3.63. The molecule has 0 saturated carbocycles. The van der Waals surface area contributed by atoms with Crippen LogP contribution in [0.5, 0.6) is 0 Å². The number of benzene rings is 4. The predicted molar refractivity (Wildman–Crippen MR) is 159 cm³/mol. The molecule has 7 rings (SSSR count). The fourth-order valence-corrected chi connectivity index (χ4v) is 5.73. The number of imidazole rings is 1. The fourth-order valence-electron chi connectivity index (χ4n) is 5.73. The molecule has 3 heterocycles. The summed E-state index contributed by atoms with van der Waals surface area (Å²) in [4.78, 5) is 23.7. The first-order chi connectivity index (χ1) is 20.6. The van der Waals surface area contributed by atoms with E-state index in [0.29, 0.717) is 22.3 Å². The molecule has 1 N–H and O–H groups in total. The molecule has 0 atom stereocenters. The molecule has 0 unspecified atom stereocenters. The Kier molecular flexibility index (Phi) is 6.09. The van der Waals surface area contributed by atoms with Crippen LogP contribution < -0.4 is 0 Å². The number of halogens is 1. The van der Waals surface area contributed by atoms with Gasteiger partial charge in [0.2, 0.25) is 11.8 Å². The number of nitrogens with one attached hydrogen (secondary N) is 1. The van der Waals surface area contributed by atoms with Crippen molar-refractivity contribution in [3.8, 4) is 11.3 Å². The molecule has 7 aromatic rings. The number of methoxy groups -OCH3 is 1. The van der Waals surface area contributed by atoms with Crippen LogP contribution >= 0.6 is 0 Å². The lowest BCUT2D eigenvalue weighted by Crippen LogP contribution is -2.38. The molecule has 0 aliphatic carbocycles. The van der Waals surface area contributed by atoms with E-state index in [1.807, 2.05) is 71.4 Å². The molecule has 0 fully saturated rings. The van der Waals surface area contributed by atoms with Crippen molar-refractivity contribution in [2.45, 2.75) is 5.54 Å². The summed E-state index contributed by atoms with van der Waals surface area (Å²) in [6.45, 7) is 0. The average molecular weight is 554 g/mol. The normalized spacial score (nSPS) is 11.7. The molecular weight excluding hydrogens is 529 g/mol. The lowest BCUT2D eigenvalue weighted by atomic mass is 9.77. The van der Waals surface area contributed by atoms with Gasteiger partial charge in [-0.15, -0.1) is 0 Å². The summed E-state index contributed by atoms with van der Waals surface area (Å²) in [5.41, 5.74) is 5.11.